The number of aliphatic carboxylic acids is 1. The molecule has 1 aromatic carbocycles. The largest absolute Gasteiger partial charge is 0.480 e. The lowest BCUT2D eigenvalue weighted by Gasteiger charge is -2.06. The smallest absolute Gasteiger partial charge is 0.317 e. The molecule has 0 saturated carbocycles. The summed E-state index contributed by atoms with van der Waals surface area (Å²) in [6.45, 7) is 1.88. The van der Waals surface area contributed by atoms with Crippen LogP contribution < -0.4 is 10.6 Å². The first-order valence-electron chi connectivity index (χ1n) is 5.93. The van der Waals surface area contributed by atoms with E-state index in [1.54, 1.807) is 0 Å². The summed E-state index contributed by atoms with van der Waals surface area (Å²) < 4.78 is 0. The van der Waals surface area contributed by atoms with E-state index < -0.39 is 5.97 Å². The molecule has 0 atom stereocenters. The number of amides is 1. The fourth-order valence-corrected chi connectivity index (χ4v) is 1.53. The molecule has 0 heterocycles. The van der Waals surface area contributed by atoms with Crippen molar-refractivity contribution >= 4 is 17.6 Å². The van der Waals surface area contributed by atoms with Gasteiger partial charge in [0, 0.05) is 5.69 Å². The number of carboxylic acids is 1. The van der Waals surface area contributed by atoms with Crippen LogP contribution in [0.4, 0.5) is 5.69 Å². The highest BCUT2D eigenvalue weighted by Gasteiger charge is 2.03. The summed E-state index contributed by atoms with van der Waals surface area (Å²) >= 11 is 0. The van der Waals surface area contributed by atoms with Crippen LogP contribution in [0.3, 0.4) is 0 Å². The van der Waals surface area contributed by atoms with Gasteiger partial charge in [-0.3, -0.25) is 14.9 Å². The van der Waals surface area contributed by atoms with Crippen LogP contribution in [0.15, 0.2) is 24.3 Å². The Hall–Kier alpha value is -1.88. The number of anilines is 1. The molecule has 0 bridgehead atoms. The summed E-state index contributed by atoms with van der Waals surface area (Å²) in [6.07, 6.45) is 2.11. The van der Waals surface area contributed by atoms with Gasteiger partial charge < -0.3 is 10.4 Å². The van der Waals surface area contributed by atoms with E-state index in [0.29, 0.717) is 0 Å². The van der Waals surface area contributed by atoms with Gasteiger partial charge in [-0.1, -0.05) is 25.5 Å². The van der Waals surface area contributed by atoms with Gasteiger partial charge in [-0.2, -0.15) is 0 Å². The second-order valence-corrected chi connectivity index (χ2v) is 3.99. The first-order chi connectivity index (χ1) is 8.61. The van der Waals surface area contributed by atoms with Crippen LogP contribution in [0.1, 0.15) is 18.9 Å². The number of carboxylic acid groups (broad SMARTS) is 1. The van der Waals surface area contributed by atoms with Crippen LogP contribution in [-0.4, -0.2) is 30.1 Å². The highest BCUT2D eigenvalue weighted by molar-refractivity contribution is 5.92. The maximum atomic E-state index is 11.4. The second kappa shape index (κ2) is 7.45. The Morgan fingerprint density at radius 2 is 1.83 bits per heavy atom. The van der Waals surface area contributed by atoms with Gasteiger partial charge in [0.1, 0.15) is 0 Å². The Morgan fingerprint density at radius 3 is 2.39 bits per heavy atom. The minimum absolute atomic E-state index is 0.0109. The first-order valence-corrected chi connectivity index (χ1v) is 5.93. The highest BCUT2D eigenvalue weighted by atomic mass is 16.4. The quantitative estimate of drug-likeness (QED) is 0.680. The van der Waals surface area contributed by atoms with E-state index in [1.807, 2.05) is 24.3 Å². The molecule has 1 amide bonds. The van der Waals surface area contributed by atoms with E-state index >= 15 is 0 Å². The van der Waals surface area contributed by atoms with Crippen molar-refractivity contribution in [3.63, 3.8) is 0 Å². The third-order valence-corrected chi connectivity index (χ3v) is 2.34. The fraction of sp³-hybridized carbons (Fsp3) is 0.385. The van der Waals surface area contributed by atoms with Crippen LogP contribution in [0.25, 0.3) is 0 Å². The molecule has 5 heteroatoms. The van der Waals surface area contributed by atoms with Crippen molar-refractivity contribution < 1.29 is 14.7 Å². The zero-order chi connectivity index (χ0) is 13.4. The van der Waals surface area contributed by atoms with E-state index in [4.69, 9.17) is 5.11 Å². The Morgan fingerprint density at radius 1 is 1.17 bits per heavy atom. The summed E-state index contributed by atoms with van der Waals surface area (Å²) in [6, 6.07) is 7.65. The number of carbonyl (C=O) groups is 2. The Bertz CT molecular complexity index is 401. The number of hydrogen-bond acceptors (Lipinski definition) is 3. The van der Waals surface area contributed by atoms with Gasteiger partial charge in [0.05, 0.1) is 13.1 Å². The molecule has 0 aromatic heterocycles. The molecule has 0 unspecified atom stereocenters. The monoisotopic (exact) mass is 250 g/mol. The average Bonchev–Trinajstić information content (AvgIpc) is 2.31. The predicted molar refractivity (Wildman–Crippen MR) is 69.6 cm³/mol. The second-order valence-electron chi connectivity index (χ2n) is 3.99. The van der Waals surface area contributed by atoms with E-state index in [1.165, 1.54) is 5.56 Å². The van der Waals surface area contributed by atoms with Crippen molar-refractivity contribution in [2.24, 2.45) is 0 Å². The molecular formula is C13H18N2O3. The molecule has 1 rings (SSSR count). The average molecular weight is 250 g/mol. The van der Waals surface area contributed by atoms with E-state index in [2.05, 4.69) is 17.6 Å². The third-order valence-electron chi connectivity index (χ3n) is 2.34. The molecule has 0 aliphatic rings. The fourth-order valence-electron chi connectivity index (χ4n) is 1.53. The van der Waals surface area contributed by atoms with Gasteiger partial charge in [-0.15, -0.1) is 0 Å². The van der Waals surface area contributed by atoms with Crippen LogP contribution in [0.2, 0.25) is 0 Å². The topological polar surface area (TPSA) is 78.4 Å². The maximum absolute atomic E-state index is 11.4. The van der Waals surface area contributed by atoms with Gasteiger partial charge in [0.15, 0.2) is 0 Å². The molecule has 3 N–H and O–H groups in total. The van der Waals surface area contributed by atoms with Crippen LogP contribution in [-0.2, 0) is 16.0 Å². The van der Waals surface area contributed by atoms with Crippen molar-refractivity contribution in [2.45, 2.75) is 19.8 Å². The van der Waals surface area contributed by atoms with Gasteiger partial charge in [-0.05, 0) is 24.1 Å². The molecule has 5 nitrogen and oxygen atoms in total. The molecule has 0 radical (unpaired) electrons. The van der Waals surface area contributed by atoms with E-state index in [0.717, 1.165) is 18.5 Å². The SMILES string of the molecule is CCCc1ccc(NC(=O)CNCC(=O)O)cc1. The third kappa shape index (κ3) is 5.45. The van der Waals surface area contributed by atoms with Gasteiger partial charge in [0.2, 0.25) is 5.91 Å². The summed E-state index contributed by atoms with van der Waals surface area (Å²) in [5.41, 5.74) is 1.96. The molecule has 98 valence electrons. The van der Waals surface area contributed by atoms with Crippen molar-refractivity contribution in [3.8, 4) is 0 Å². The van der Waals surface area contributed by atoms with Gasteiger partial charge >= 0.3 is 5.97 Å². The number of aryl methyl sites for hydroxylation is 1. The molecule has 0 fully saturated rings. The summed E-state index contributed by atoms with van der Waals surface area (Å²) in [5.74, 6) is -1.23. The van der Waals surface area contributed by atoms with E-state index in [9.17, 15) is 9.59 Å². The summed E-state index contributed by atoms with van der Waals surface area (Å²) in [7, 11) is 0. The number of rotatable bonds is 7. The molecule has 0 aliphatic heterocycles. The Labute approximate surface area is 106 Å². The standard InChI is InChI=1S/C13H18N2O3/c1-2-3-10-4-6-11(7-5-10)15-12(16)8-14-9-13(17)18/h4-7,14H,2-3,8-9H2,1H3,(H,15,16)(H,17,18). The van der Waals surface area contributed by atoms with Crippen molar-refractivity contribution in [1.29, 1.82) is 0 Å². The normalized spacial score (nSPS) is 10.1. The molecule has 0 spiro atoms. The zero-order valence-corrected chi connectivity index (χ0v) is 10.4. The minimum Gasteiger partial charge on any atom is -0.480 e. The lowest BCUT2D eigenvalue weighted by Crippen LogP contribution is -2.31. The van der Waals surface area contributed by atoms with Crippen molar-refractivity contribution in [3.05, 3.63) is 29.8 Å². The first kappa shape index (κ1) is 14.2. The minimum atomic E-state index is -0.980. The van der Waals surface area contributed by atoms with Crippen molar-refractivity contribution in [1.82, 2.24) is 5.32 Å². The number of carbonyl (C=O) groups excluding carboxylic acids is 1. The van der Waals surface area contributed by atoms with Crippen LogP contribution in [0.5, 0.6) is 0 Å². The maximum Gasteiger partial charge on any atom is 0.317 e. The Balaban J connectivity index is 2.37. The van der Waals surface area contributed by atoms with Crippen LogP contribution in [0, 0.1) is 0 Å². The van der Waals surface area contributed by atoms with Crippen molar-refractivity contribution in [2.75, 3.05) is 18.4 Å². The molecule has 0 aliphatic carbocycles. The predicted octanol–water partition coefficient (Wildman–Crippen LogP) is 1.25. The van der Waals surface area contributed by atoms with E-state index in [-0.39, 0.29) is 19.0 Å². The number of benzene rings is 1. The summed E-state index contributed by atoms with van der Waals surface area (Å²) in [5, 5.41) is 13.6. The molecule has 1 aromatic rings. The van der Waals surface area contributed by atoms with Gasteiger partial charge in [0.25, 0.3) is 0 Å². The number of hydrogen-bond donors (Lipinski definition) is 3. The van der Waals surface area contributed by atoms with Gasteiger partial charge in [-0.25, -0.2) is 0 Å². The lowest BCUT2D eigenvalue weighted by atomic mass is 10.1. The molecule has 18 heavy (non-hydrogen) atoms. The zero-order valence-electron chi connectivity index (χ0n) is 10.4. The lowest BCUT2D eigenvalue weighted by molar-refractivity contribution is -0.135. The molecule has 0 saturated heterocycles. The van der Waals surface area contributed by atoms with Crippen LogP contribution >= 0.6 is 0 Å². The highest BCUT2D eigenvalue weighted by Crippen LogP contribution is 2.10. The number of nitrogens with one attached hydrogen (secondary N) is 2. The Kier molecular flexibility index (Phi) is 5.87. The molecular weight excluding hydrogens is 232 g/mol. The summed E-state index contributed by atoms with van der Waals surface area (Å²) in [4.78, 5) is 21.7.